The second-order valence-corrected chi connectivity index (χ2v) is 9.06. The predicted octanol–water partition coefficient (Wildman–Crippen LogP) is 2.25. The molecule has 1 aliphatic rings. The fraction of sp³-hybridized carbons (Fsp3) is 0.217. The Morgan fingerprint density at radius 2 is 1.82 bits per heavy atom. The van der Waals surface area contributed by atoms with E-state index in [-0.39, 0.29) is 5.91 Å². The molecule has 4 aromatic rings. The van der Waals surface area contributed by atoms with Gasteiger partial charge in [-0.25, -0.2) is 15.0 Å². The van der Waals surface area contributed by atoms with E-state index in [9.17, 15) is 9.59 Å². The predicted molar refractivity (Wildman–Crippen MR) is 131 cm³/mol. The van der Waals surface area contributed by atoms with E-state index < -0.39 is 5.91 Å². The zero-order valence-corrected chi connectivity index (χ0v) is 19.2. The number of pyridine rings is 3. The number of carbonyl (C=O) groups excluding carboxylic acids is 2. The SMILES string of the molecule is CN1CCN(c2cc(C(=O)Nc3cc4cc(-c5ncc(C(N)=O)s5)cnc4cn3)ccn2)CC1. The standard InChI is InChI=1S/C23H22N8O2S/c1-30-4-6-31(7-5-30)20-10-14(2-3-25-20)22(33)29-19-9-15-8-16(11-26-17(15)12-27-19)23-28-13-18(34-23)21(24)32/h2-3,8-13H,4-7H2,1H3,(H2,24,32)(H,27,29,33). The number of hydrogen-bond acceptors (Lipinski definition) is 9. The maximum absolute atomic E-state index is 12.9. The minimum absolute atomic E-state index is 0.264. The number of fused-ring (bicyclic) bond motifs is 1. The van der Waals surface area contributed by atoms with Gasteiger partial charge in [0.15, 0.2) is 0 Å². The highest BCUT2D eigenvalue weighted by atomic mass is 32.1. The number of hydrogen-bond donors (Lipinski definition) is 2. The topological polar surface area (TPSA) is 130 Å². The lowest BCUT2D eigenvalue weighted by molar-refractivity contribution is 0.100. The van der Waals surface area contributed by atoms with Gasteiger partial charge in [-0.05, 0) is 31.3 Å². The molecule has 5 rings (SSSR count). The largest absolute Gasteiger partial charge is 0.365 e. The molecule has 0 unspecified atom stereocenters. The zero-order chi connectivity index (χ0) is 23.7. The van der Waals surface area contributed by atoms with Crippen LogP contribution >= 0.6 is 11.3 Å². The number of nitrogens with one attached hydrogen (secondary N) is 1. The van der Waals surface area contributed by atoms with Crippen LogP contribution < -0.4 is 16.0 Å². The lowest BCUT2D eigenvalue weighted by atomic mass is 10.2. The number of nitrogens with zero attached hydrogens (tertiary/aromatic N) is 6. The number of thiazole rings is 1. The van der Waals surface area contributed by atoms with Gasteiger partial charge in [0.2, 0.25) is 0 Å². The van der Waals surface area contributed by atoms with E-state index in [1.807, 2.05) is 6.07 Å². The fourth-order valence-corrected chi connectivity index (χ4v) is 4.44. The Hall–Kier alpha value is -3.96. The Balaban J connectivity index is 1.35. The number of likely N-dealkylation sites (N-methyl/N-ethyl adjacent to an activating group) is 1. The molecule has 1 fully saturated rings. The second kappa shape index (κ2) is 9.12. The second-order valence-electron chi connectivity index (χ2n) is 8.03. The molecule has 1 saturated heterocycles. The Kier molecular flexibility index (Phi) is 5.86. The quantitative estimate of drug-likeness (QED) is 0.450. The van der Waals surface area contributed by atoms with Crippen LogP contribution in [0.4, 0.5) is 11.6 Å². The van der Waals surface area contributed by atoms with E-state index in [0.717, 1.165) is 42.9 Å². The molecule has 0 bridgehead atoms. The van der Waals surface area contributed by atoms with Crippen molar-refractivity contribution in [1.29, 1.82) is 0 Å². The third kappa shape index (κ3) is 4.56. The monoisotopic (exact) mass is 474 g/mol. The van der Waals surface area contributed by atoms with Crippen LogP contribution in [-0.4, -0.2) is 69.9 Å². The van der Waals surface area contributed by atoms with Crippen molar-refractivity contribution < 1.29 is 9.59 Å². The van der Waals surface area contributed by atoms with Gasteiger partial charge >= 0.3 is 0 Å². The number of piperazine rings is 1. The Morgan fingerprint density at radius 1 is 1.00 bits per heavy atom. The first-order chi connectivity index (χ1) is 16.5. The number of nitrogens with two attached hydrogens (primary N) is 1. The third-order valence-corrected chi connectivity index (χ3v) is 6.70. The van der Waals surface area contributed by atoms with Gasteiger partial charge < -0.3 is 20.9 Å². The molecule has 10 nitrogen and oxygen atoms in total. The molecule has 34 heavy (non-hydrogen) atoms. The van der Waals surface area contributed by atoms with E-state index in [1.54, 1.807) is 36.8 Å². The summed E-state index contributed by atoms with van der Waals surface area (Å²) < 4.78 is 0. The van der Waals surface area contributed by atoms with Crippen molar-refractivity contribution in [3.63, 3.8) is 0 Å². The number of amides is 2. The number of primary amides is 1. The molecular weight excluding hydrogens is 452 g/mol. The highest BCUT2D eigenvalue weighted by molar-refractivity contribution is 7.16. The highest BCUT2D eigenvalue weighted by Gasteiger charge is 2.17. The summed E-state index contributed by atoms with van der Waals surface area (Å²) in [5.41, 5.74) is 7.26. The molecule has 0 aromatic carbocycles. The van der Waals surface area contributed by atoms with E-state index in [2.05, 4.69) is 42.1 Å². The maximum atomic E-state index is 12.9. The van der Waals surface area contributed by atoms with Gasteiger partial charge in [0.25, 0.3) is 11.8 Å². The van der Waals surface area contributed by atoms with Crippen LogP contribution in [0.3, 0.4) is 0 Å². The van der Waals surface area contributed by atoms with E-state index in [4.69, 9.17) is 5.73 Å². The summed E-state index contributed by atoms with van der Waals surface area (Å²) in [6, 6.07) is 7.14. The molecular formula is C23H22N8O2S. The summed E-state index contributed by atoms with van der Waals surface area (Å²) in [4.78, 5) is 46.5. The van der Waals surface area contributed by atoms with Crippen LogP contribution in [0.1, 0.15) is 20.0 Å². The van der Waals surface area contributed by atoms with Gasteiger partial charge in [-0.1, -0.05) is 0 Å². The smallest absolute Gasteiger partial charge is 0.260 e. The van der Waals surface area contributed by atoms with Crippen molar-refractivity contribution >= 4 is 45.7 Å². The van der Waals surface area contributed by atoms with Gasteiger partial charge in [-0.3, -0.25) is 14.6 Å². The first-order valence-corrected chi connectivity index (χ1v) is 11.5. The van der Waals surface area contributed by atoms with Crippen LogP contribution in [0, 0.1) is 0 Å². The molecule has 3 N–H and O–H groups in total. The molecule has 2 amide bonds. The van der Waals surface area contributed by atoms with Crippen LogP contribution in [0.5, 0.6) is 0 Å². The van der Waals surface area contributed by atoms with E-state index in [1.165, 1.54) is 17.5 Å². The maximum Gasteiger partial charge on any atom is 0.260 e. The van der Waals surface area contributed by atoms with Gasteiger partial charge in [-0.15, -0.1) is 11.3 Å². The van der Waals surface area contributed by atoms with E-state index >= 15 is 0 Å². The fourth-order valence-electron chi connectivity index (χ4n) is 3.69. The average molecular weight is 475 g/mol. The molecule has 4 aromatic heterocycles. The molecule has 172 valence electrons. The Bertz CT molecular complexity index is 1380. The lowest BCUT2D eigenvalue weighted by Gasteiger charge is -2.33. The van der Waals surface area contributed by atoms with Crippen LogP contribution in [0.15, 0.2) is 49.1 Å². The summed E-state index contributed by atoms with van der Waals surface area (Å²) >= 11 is 1.20. The summed E-state index contributed by atoms with van der Waals surface area (Å²) in [5.74, 6) is 0.421. The minimum Gasteiger partial charge on any atom is -0.365 e. The first-order valence-electron chi connectivity index (χ1n) is 10.7. The molecule has 0 radical (unpaired) electrons. The molecule has 5 heterocycles. The molecule has 0 aliphatic carbocycles. The number of rotatable bonds is 5. The Labute approximate surface area is 199 Å². The van der Waals surface area contributed by atoms with Crippen LogP contribution in [-0.2, 0) is 0 Å². The van der Waals surface area contributed by atoms with Crippen molar-refractivity contribution in [2.24, 2.45) is 5.73 Å². The number of carbonyl (C=O) groups is 2. The van der Waals surface area contributed by atoms with Crippen molar-refractivity contribution in [2.75, 3.05) is 43.4 Å². The van der Waals surface area contributed by atoms with Gasteiger partial charge in [-0.2, -0.15) is 0 Å². The number of aromatic nitrogens is 4. The van der Waals surface area contributed by atoms with Crippen LogP contribution in [0.25, 0.3) is 21.5 Å². The zero-order valence-electron chi connectivity index (χ0n) is 18.4. The van der Waals surface area contributed by atoms with Crippen molar-refractivity contribution in [3.8, 4) is 10.6 Å². The summed E-state index contributed by atoms with van der Waals surface area (Å²) in [6.07, 6.45) is 6.38. The molecule has 0 atom stereocenters. The van der Waals surface area contributed by atoms with E-state index in [0.29, 0.717) is 26.8 Å². The summed E-state index contributed by atoms with van der Waals surface area (Å²) in [6.45, 7) is 3.66. The highest BCUT2D eigenvalue weighted by Crippen LogP contribution is 2.27. The Morgan fingerprint density at radius 3 is 2.59 bits per heavy atom. The van der Waals surface area contributed by atoms with Crippen LogP contribution in [0.2, 0.25) is 0 Å². The van der Waals surface area contributed by atoms with Crippen molar-refractivity contribution in [2.45, 2.75) is 0 Å². The normalized spacial score (nSPS) is 14.3. The first kappa shape index (κ1) is 21.9. The molecule has 11 heteroatoms. The van der Waals surface area contributed by atoms with Gasteiger partial charge in [0.1, 0.15) is 21.5 Å². The molecule has 0 spiro atoms. The molecule has 1 aliphatic heterocycles. The summed E-state index contributed by atoms with van der Waals surface area (Å²) in [5, 5.41) is 4.28. The van der Waals surface area contributed by atoms with Crippen molar-refractivity contribution in [1.82, 2.24) is 24.8 Å². The van der Waals surface area contributed by atoms with Gasteiger partial charge in [0.05, 0.1) is 17.9 Å². The number of anilines is 2. The lowest BCUT2D eigenvalue weighted by Crippen LogP contribution is -2.44. The third-order valence-electron chi connectivity index (χ3n) is 5.64. The van der Waals surface area contributed by atoms with Gasteiger partial charge in [0, 0.05) is 55.1 Å². The van der Waals surface area contributed by atoms with Crippen molar-refractivity contribution in [3.05, 3.63) is 59.5 Å². The minimum atomic E-state index is -0.515. The summed E-state index contributed by atoms with van der Waals surface area (Å²) in [7, 11) is 2.10. The average Bonchev–Trinajstić information content (AvgIpc) is 3.35. The molecule has 0 saturated carbocycles.